The molecule has 2 aromatic carbocycles. The molecule has 6 nitrogen and oxygen atoms in total. The Hall–Kier alpha value is -3.36. The van der Waals surface area contributed by atoms with Gasteiger partial charge >= 0.3 is 12.3 Å². The molecule has 1 heterocycles. The highest BCUT2D eigenvalue weighted by molar-refractivity contribution is 5.70. The lowest BCUT2D eigenvalue weighted by molar-refractivity contribution is -0.274. The van der Waals surface area contributed by atoms with Crippen molar-refractivity contribution < 1.29 is 27.4 Å². The third-order valence-electron chi connectivity index (χ3n) is 4.08. The lowest BCUT2D eigenvalue weighted by Gasteiger charge is -2.19. The van der Waals surface area contributed by atoms with E-state index in [1.165, 1.54) is 35.3 Å². The molecule has 0 atom stereocenters. The first-order chi connectivity index (χ1) is 14.5. The molecule has 0 saturated carbocycles. The number of benzene rings is 2. The zero-order chi connectivity index (χ0) is 22.6. The van der Waals surface area contributed by atoms with Crippen LogP contribution in [0.15, 0.2) is 54.9 Å². The van der Waals surface area contributed by atoms with Gasteiger partial charge in [-0.05, 0) is 57.0 Å². The van der Waals surface area contributed by atoms with E-state index < -0.39 is 12.0 Å². The minimum absolute atomic E-state index is 0.247. The number of hydrogen-bond donors (Lipinski definition) is 0. The molecule has 0 aliphatic heterocycles. The maximum absolute atomic E-state index is 12.3. The lowest BCUT2D eigenvalue weighted by atomic mass is 10.1. The summed E-state index contributed by atoms with van der Waals surface area (Å²) in [6.07, 6.45) is -2.41. The van der Waals surface area contributed by atoms with Gasteiger partial charge in [-0.2, -0.15) is 0 Å². The summed E-state index contributed by atoms with van der Waals surface area (Å²) >= 11 is 0. The number of halogens is 3. The maximum Gasteiger partial charge on any atom is 0.573 e. The van der Waals surface area contributed by atoms with E-state index in [2.05, 4.69) is 14.8 Å². The standard InChI is InChI=1S/C22H22F3N3O3/c1-21(2,3)31-19(29)13-6-15-4-7-16(8-5-15)20-26-14-28(27-20)17-9-11-18(12-10-17)30-22(23,24)25/h4-5,7-12,14H,6,13H2,1-3H3. The third kappa shape index (κ3) is 6.84. The Bertz CT molecular complexity index is 1020. The minimum Gasteiger partial charge on any atom is -0.460 e. The molecule has 0 aliphatic rings. The van der Waals surface area contributed by atoms with Crippen molar-refractivity contribution in [1.29, 1.82) is 0 Å². The number of ether oxygens (including phenoxy) is 2. The van der Waals surface area contributed by atoms with Crippen LogP contribution in [0.5, 0.6) is 5.75 Å². The summed E-state index contributed by atoms with van der Waals surface area (Å²) in [6.45, 7) is 5.49. The van der Waals surface area contributed by atoms with Crippen LogP contribution in [0.25, 0.3) is 17.1 Å². The molecule has 0 N–H and O–H groups in total. The van der Waals surface area contributed by atoms with Crippen molar-refractivity contribution in [2.45, 2.75) is 45.6 Å². The van der Waals surface area contributed by atoms with E-state index in [1.54, 1.807) is 0 Å². The molecule has 0 saturated heterocycles. The number of esters is 1. The Balaban J connectivity index is 1.62. The van der Waals surface area contributed by atoms with Crippen molar-refractivity contribution in [3.63, 3.8) is 0 Å². The van der Waals surface area contributed by atoms with Gasteiger partial charge in [0, 0.05) is 12.0 Å². The zero-order valence-corrected chi connectivity index (χ0v) is 17.3. The predicted molar refractivity (Wildman–Crippen MR) is 108 cm³/mol. The normalized spacial score (nSPS) is 11.9. The molecule has 0 radical (unpaired) electrons. The second kappa shape index (κ2) is 8.79. The fourth-order valence-electron chi connectivity index (χ4n) is 2.78. The average Bonchev–Trinajstić information content (AvgIpc) is 3.15. The summed E-state index contributed by atoms with van der Waals surface area (Å²) in [6, 6.07) is 12.8. The summed E-state index contributed by atoms with van der Waals surface area (Å²) in [5.41, 5.74) is 1.80. The van der Waals surface area contributed by atoms with E-state index in [-0.39, 0.29) is 18.1 Å². The van der Waals surface area contributed by atoms with Crippen molar-refractivity contribution in [1.82, 2.24) is 14.8 Å². The van der Waals surface area contributed by atoms with Gasteiger partial charge in [0.25, 0.3) is 0 Å². The fraction of sp³-hybridized carbons (Fsp3) is 0.318. The van der Waals surface area contributed by atoms with Gasteiger partial charge in [0.05, 0.1) is 5.69 Å². The van der Waals surface area contributed by atoms with E-state index in [1.807, 2.05) is 45.0 Å². The molecule has 0 spiro atoms. The number of carbonyl (C=O) groups excluding carboxylic acids is 1. The van der Waals surface area contributed by atoms with E-state index >= 15 is 0 Å². The minimum atomic E-state index is -4.74. The fourth-order valence-corrected chi connectivity index (χ4v) is 2.78. The van der Waals surface area contributed by atoms with Crippen LogP contribution in [0.1, 0.15) is 32.8 Å². The Kier molecular flexibility index (Phi) is 6.33. The van der Waals surface area contributed by atoms with Crippen molar-refractivity contribution in [3.8, 4) is 22.8 Å². The van der Waals surface area contributed by atoms with Crippen LogP contribution in [0.4, 0.5) is 13.2 Å². The number of nitrogens with zero attached hydrogens (tertiary/aromatic N) is 3. The average molecular weight is 433 g/mol. The SMILES string of the molecule is CC(C)(C)OC(=O)CCc1ccc(-c2ncn(-c3ccc(OC(F)(F)F)cc3)n2)cc1. The molecule has 3 aromatic rings. The molecule has 3 rings (SSSR count). The number of hydrogen-bond acceptors (Lipinski definition) is 5. The molecular formula is C22H22F3N3O3. The van der Waals surface area contributed by atoms with E-state index in [9.17, 15) is 18.0 Å². The molecule has 164 valence electrons. The second-order valence-electron chi connectivity index (χ2n) is 7.84. The monoisotopic (exact) mass is 433 g/mol. The van der Waals surface area contributed by atoms with Gasteiger partial charge < -0.3 is 9.47 Å². The topological polar surface area (TPSA) is 66.2 Å². The maximum atomic E-state index is 12.3. The third-order valence-corrected chi connectivity index (χ3v) is 4.08. The molecule has 0 amide bonds. The van der Waals surface area contributed by atoms with Gasteiger partial charge in [-0.1, -0.05) is 24.3 Å². The quantitative estimate of drug-likeness (QED) is 0.506. The number of carbonyl (C=O) groups is 1. The zero-order valence-electron chi connectivity index (χ0n) is 17.3. The molecule has 9 heteroatoms. The highest BCUT2D eigenvalue weighted by Crippen LogP contribution is 2.24. The molecular weight excluding hydrogens is 411 g/mol. The number of rotatable bonds is 6. The number of alkyl halides is 3. The number of aryl methyl sites for hydroxylation is 1. The lowest BCUT2D eigenvalue weighted by Crippen LogP contribution is -2.23. The van der Waals surface area contributed by atoms with Crippen LogP contribution in [-0.2, 0) is 16.0 Å². The van der Waals surface area contributed by atoms with Gasteiger partial charge in [0.1, 0.15) is 17.7 Å². The smallest absolute Gasteiger partial charge is 0.460 e. The van der Waals surface area contributed by atoms with Gasteiger partial charge in [0.15, 0.2) is 5.82 Å². The van der Waals surface area contributed by atoms with Crippen LogP contribution in [-0.4, -0.2) is 32.7 Å². The molecule has 0 unspecified atom stereocenters. The first-order valence-corrected chi connectivity index (χ1v) is 9.57. The van der Waals surface area contributed by atoms with Crippen molar-refractivity contribution in [3.05, 3.63) is 60.4 Å². The van der Waals surface area contributed by atoms with Crippen LogP contribution in [0.3, 0.4) is 0 Å². The first kappa shape index (κ1) is 22.3. The molecule has 1 aromatic heterocycles. The first-order valence-electron chi connectivity index (χ1n) is 9.57. The Morgan fingerprint density at radius 2 is 1.65 bits per heavy atom. The van der Waals surface area contributed by atoms with E-state index in [0.717, 1.165) is 11.1 Å². The Morgan fingerprint density at radius 1 is 1.00 bits per heavy atom. The highest BCUT2D eigenvalue weighted by Gasteiger charge is 2.31. The summed E-state index contributed by atoms with van der Waals surface area (Å²) in [5.74, 6) is -0.0866. The van der Waals surface area contributed by atoms with Crippen molar-refractivity contribution in [2.75, 3.05) is 0 Å². The van der Waals surface area contributed by atoms with Gasteiger partial charge in [0.2, 0.25) is 0 Å². The summed E-state index contributed by atoms with van der Waals surface area (Å²) < 4.78 is 47.4. The number of aromatic nitrogens is 3. The Morgan fingerprint density at radius 3 is 2.23 bits per heavy atom. The second-order valence-corrected chi connectivity index (χ2v) is 7.84. The predicted octanol–water partition coefficient (Wildman–Crippen LogP) is 5.11. The molecule has 0 bridgehead atoms. The van der Waals surface area contributed by atoms with Gasteiger partial charge in [-0.25, -0.2) is 9.67 Å². The van der Waals surface area contributed by atoms with Crippen LogP contribution in [0.2, 0.25) is 0 Å². The molecule has 31 heavy (non-hydrogen) atoms. The Labute approximate surface area is 177 Å². The molecule has 0 fully saturated rings. The van der Waals surface area contributed by atoms with Crippen LogP contribution < -0.4 is 4.74 Å². The van der Waals surface area contributed by atoms with E-state index in [4.69, 9.17) is 4.74 Å². The van der Waals surface area contributed by atoms with Gasteiger partial charge in [-0.15, -0.1) is 18.3 Å². The van der Waals surface area contributed by atoms with Crippen molar-refractivity contribution >= 4 is 5.97 Å². The van der Waals surface area contributed by atoms with Gasteiger partial charge in [-0.3, -0.25) is 4.79 Å². The summed E-state index contributed by atoms with van der Waals surface area (Å²) in [5, 5.41) is 4.37. The summed E-state index contributed by atoms with van der Waals surface area (Å²) in [7, 11) is 0. The van der Waals surface area contributed by atoms with E-state index in [0.29, 0.717) is 17.9 Å². The highest BCUT2D eigenvalue weighted by atomic mass is 19.4. The van der Waals surface area contributed by atoms with Crippen molar-refractivity contribution in [2.24, 2.45) is 0 Å². The van der Waals surface area contributed by atoms with Crippen LogP contribution >= 0.6 is 0 Å². The molecule has 0 aliphatic carbocycles. The summed E-state index contributed by atoms with van der Waals surface area (Å²) in [4.78, 5) is 16.1. The largest absolute Gasteiger partial charge is 0.573 e. The van der Waals surface area contributed by atoms with Crippen LogP contribution in [0, 0.1) is 0 Å².